The molecule has 2 N–H and O–H groups in total. The molecule has 0 spiro atoms. The van der Waals surface area contributed by atoms with Crippen molar-refractivity contribution in [3.05, 3.63) is 80.5 Å². The summed E-state index contributed by atoms with van der Waals surface area (Å²) in [4.78, 5) is 32.3. The molecule has 2 aromatic carbocycles. The van der Waals surface area contributed by atoms with Crippen LogP contribution in [0.4, 0.5) is 5.69 Å². The third kappa shape index (κ3) is 3.78. The van der Waals surface area contributed by atoms with Gasteiger partial charge in [0.2, 0.25) is 5.88 Å². The van der Waals surface area contributed by atoms with Crippen molar-refractivity contribution < 1.29 is 9.84 Å². The van der Waals surface area contributed by atoms with E-state index in [-0.39, 0.29) is 10.8 Å². The SMILES string of the molecule is CCOc1ccc(C2CC(c3c(O)n(C)c(=O)[nH]c3=O)=Nc3ccccc3S2)cc1. The fraction of sp³-hybridized carbons (Fsp3) is 0.227. The van der Waals surface area contributed by atoms with E-state index >= 15 is 0 Å². The second-order valence-electron chi connectivity index (χ2n) is 6.86. The summed E-state index contributed by atoms with van der Waals surface area (Å²) in [6, 6.07) is 15.5. The smallest absolute Gasteiger partial charge is 0.330 e. The number of benzene rings is 2. The van der Waals surface area contributed by atoms with Gasteiger partial charge in [-0.1, -0.05) is 24.3 Å². The molecule has 1 aliphatic heterocycles. The Labute approximate surface area is 177 Å². The first kappa shape index (κ1) is 20.0. The molecular formula is C22H21N3O4S. The van der Waals surface area contributed by atoms with Gasteiger partial charge in [-0.3, -0.25) is 19.3 Å². The molecule has 0 aliphatic carbocycles. The lowest BCUT2D eigenvalue weighted by atomic mass is 10.0. The summed E-state index contributed by atoms with van der Waals surface area (Å²) in [5.41, 5.74) is 0.899. The molecule has 0 saturated carbocycles. The Hall–Kier alpha value is -3.26. The van der Waals surface area contributed by atoms with E-state index in [1.54, 1.807) is 11.8 Å². The van der Waals surface area contributed by atoms with Gasteiger partial charge in [-0.2, -0.15) is 0 Å². The highest BCUT2D eigenvalue weighted by atomic mass is 32.2. The van der Waals surface area contributed by atoms with Gasteiger partial charge >= 0.3 is 5.69 Å². The number of fused-ring (bicyclic) bond motifs is 1. The Balaban J connectivity index is 1.83. The van der Waals surface area contributed by atoms with Crippen LogP contribution in [0.1, 0.15) is 29.7 Å². The van der Waals surface area contributed by atoms with Crippen LogP contribution in [0.3, 0.4) is 0 Å². The van der Waals surface area contributed by atoms with Crippen LogP contribution in [0.25, 0.3) is 0 Å². The van der Waals surface area contributed by atoms with E-state index in [9.17, 15) is 14.7 Å². The minimum Gasteiger partial charge on any atom is -0.494 e. The molecular weight excluding hydrogens is 402 g/mol. The lowest BCUT2D eigenvalue weighted by Crippen LogP contribution is -2.32. The molecule has 0 fully saturated rings. The fourth-order valence-corrected chi connectivity index (χ4v) is 4.60. The minimum atomic E-state index is -0.673. The number of hydrogen-bond acceptors (Lipinski definition) is 6. The molecule has 1 unspecified atom stereocenters. The zero-order valence-corrected chi connectivity index (χ0v) is 17.4. The third-order valence-corrected chi connectivity index (χ3v) is 6.24. The fourth-order valence-electron chi connectivity index (χ4n) is 3.37. The average Bonchev–Trinajstić information content (AvgIpc) is 2.92. The topological polar surface area (TPSA) is 96.7 Å². The van der Waals surface area contributed by atoms with E-state index in [1.165, 1.54) is 7.05 Å². The van der Waals surface area contributed by atoms with E-state index in [0.29, 0.717) is 18.7 Å². The highest BCUT2D eigenvalue weighted by Crippen LogP contribution is 2.45. The predicted octanol–water partition coefficient (Wildman–Crippen LogP) is 3.54. The number of aromatic nitrogens is 2. The third-order valence-electron chi connectivity index (χ3n) is 4.91. The monoisotopic (exact) mass is 423 g/mol. The number of aromatic hydroxyl groups is 1. The van der Waals surface area contributed by atoms with Gasteiger partial charge in [0.15, 0.2) is 0 Å². The van der Waals surface area contributed by atoms with E-state index in [2.05, 4.69) is 4.98 Å². The molecule has 8 heteroatoms. The Morgan fingerprint density at radius 1 is 1.20 bits per heavy atom. The summed E-state index contributed by atoms with van der Waals surface area (Å²) in [6.07, 6.45) is 0.405. The quantitative estimate of drug-likeness (QED) is 0.669. The largest absolute Gasteiger partial charge is 0.494 e. The van der Waals surface area contributed by atoms with Crippen molar-refractivity contribution in [1.82, 2.24) is 9.55 Å². The standard InChI is InChI=1S/C22H21N3O4S/c1-3-29-14-10-8-13(9-11-14)18-12-16(23-15-6-4-5-7-17(15)30-18)19-20(26)24-22(28)25(2)21(19)27/h4-11,18,27H,3,12H2,1-2H3,(H,24,26,28). The summed E-state index contributed by atoms with van der Waals surface area (Å²) >= 11 is 1.65. The number of nitrogens with zero attached hydrogens (tertiary/aromatic N) is 2. The van der Waals surface area contributed by atoms with Gasteiger partial charge in [0.05, 0.1) is 18.0 Å². The van der Waals surface area contributed by atoms with Crippen molar-refractivity contribution in [2.24, 2.45) is 12.0 Å². The highest BCUT2D eigenvalue weighted by molar-refractivity contribution is 7.99. The number of hydrogen-bond donors (Lipinski definition) is 2. The Kier molecular flexibility index (Phi) is 5.50. The molecule has 0 bridgehead atoms. The normalized spacial score (nSPS) is 15.8. The molecule has 154 valence electrons. The minimum absolute atomic E-state index is 0.0188. The molecule has 1 atom stereocenters. The number of aromatic amines is 1. The molecule has 2 heterocycles. The lowest BCUT2D eigenvalue weighted by Gasteiger charge is -2.17. The number of thioether (sulfide) groups is 1. The lowest BCUT2D eigenvalue weighted by molar-refractivity contribution is 0.340. The van der Waals surface area contributed by atoms with Crippen molar-refractivity contribution in [2.75, 3.05) is 6.61 Å². The summed E-state index contributed by atoms with van der Waals surface area (Å²) in [6.45, 7) is 2.53. The van der Waals surface area contributed by atoms with Crippen LogP contribution < -0.4 is 16.0 Å². The van der Waals surface area contributed by atoms with Crippen LogP contribution in [0, 0.1) is 0 Å². The number of rotatable bonds is 4. The number of para-hydroxylation sites is 1. The van der Waals surface area contributed by atoms with E-state index < -0.39 is 17.1 Å². The van der Waals surface area contributed by atoms with E-state index in [1.807, 2.05) is 55.5 Å². The van der Waals surface area contributed by atoms with Crippen LogP contribution in [0.2, 0.25) is 0 Å². The second-order valence-corrected chi connectivity index (χ2v) is 8.10. The van der Waals surface area contributed by atoms with Gasteiger partial charge < -0.3 is 9.84 Å². The van der Waals surface area contributed by atoms with Crippen molar-refractivity contribution in [3.8, 4) is 11.6 Å². The molecule has 30 heavy (non-hydrogen) atoms. The first-order valence-electron chi connectivity index (χ1n) is 9.56. The Morgan fingerprint density at radius 3 is 2.67 bits per heavy atom. The number of H-pyrrole nitrogens is 1. The maximum Gasteiger partial charge on any atom is 0.330 e. The highest BCUT2D eigenvalue weighted by Gasteiger charge is 2.26. The van der Waals surface area contributed by atoms with Crippen molar-refractivity contribution in [2.45, 2.75) is 23.5 Å². The van der Waals surface area contributed by atoms with Gasteiger partial charge in [0.1, 0.15) is 11.3 Å². The summed E-state index contributed by atoms with van der Waals surface area (Å²) in [5, 5.41) is 10.5. The summed E-state index contributed by atoms with van der Waals surface area (Å²) < 4.78 is 6.54. The van der Waals surface area contributed by atoms with Gasteiger partial charge in [-0.25, -0.2) is 4.79 Å². The molecule has 1 aliphatic rings. The predicted molar refractivity (Wildman–Crippen MR) is 117 cm³/mol. The molecule has 1 aromatic heterocycles. The molecule has 0 amide bonds. The maximum atomic E-state index is 12.6. The molecule has 4 rings (SSSR count). The summed E-state index contributed by atoms with van der Waals surface area (Å²) in [7, 11) is 1.40. The van der Waals surface area contributed by atoms with Crippen LogP contribution in [-0.2, 0) is 7.05 Å². The van der Waals surface area contributed by atoms with E-state index in [0.717, 1.165) is 26.5 Å². The molecule has 7 nitrogen and oxygen atoms in total. The molecule has 0 radical (unpaired) electrons. The van der Waals surface area contributed by atoms with Crippen molar-refractivity contribution in [1.29, 1.82) is 0 Å². The number of nitrogens with one attached hydrogen (secondary N) is 1. The van der Waals surface area contributed by atoms with E-state index in [4.69, 9.17) is 9.73 Å². The Bertz CT molecular complexity index is 1230. The van der Waals surface area contributed by atoms with Crippen LogP contribution in [0.5, 0.6) is 11.6 Å². The second kappa shape index (κ2) is 8.23. The van der Waals surface area contributed by atoms with Gasteiger partial charge in [0, 0.05) is 23.6 Å². The Morgan fingerprint density at radius 2 is 1.93 bits per heavy atom. The maximum absolute atomic E-state index is 12.6. The van der Waals surface area contributed by atoms with Gasteiger partial charge in [0.25, 0.3) is 5.56 Å². The number of ether oxygens (including phenoxy) is 1. The summed E-state index contributed by atoms with van der Waals surface area (Å²) in [5.74, 6) is 0.402. The van der Waals surface area contributed by atoms with Gasteiger partial charge in [-0.15, -0.1) is 11.8 Å². The van der Waals surface area contributed by atoms with Crippen LogP contribution in [-0.4, -0.2) is 27.0 Å². The molecule has 0 saturated heterocycles. The first-order chi connectivity index (χ1) is 14.5. The van der Waals surface area contributed by atoms with Gasteiger partial charge in [-0.05, 0) is 36.8 Å². The zero-order chi connectivity index (χ0) is 21.3. The zero-order valence-electron chi connectivity index (χ0n) is 16.6. The average molecular weight is 423 g/mol. The van der Waals surface area contributed by atoms with Crippen LogP contribution >= 0.6 is 11.8 Å². The van der Waals surface area contributed by atoms with Crippen LogP contribution in [0.15, 0.2) is 68.0 Å². The molecule has 3 aromatic rings. The van der Waals surface area contributed by atoms with Crippen molar-refractivity contribution >= 4 is 23.2 Å². The van der Waals surface area contributed by atoms with Crippen molar-refractivity contribution in [3.63, 3.8) is 0 Å². The first-order valence-corrected chi connectivity index (χ1v) is 10.4. The number of aliphatic imine (C=N–C) groups is 1.